The highest BCUT2D eigenvalue weighted by atomic mass is 32.2. The lowest BCUT2D eigenvalue weighted by molar-refractivity contribution is 0.198. The Morgan fingerprint density at radius 1 is 1.44 bits per heavy atom. The van der Waals surface area contributed by atoms with Gasteiger partial charge in [0.1, 0.15) is 21.9 Å². The van der Waals surface area contributed by atoms with Crippen LogP contribution in [0.3, 0.4) is 0 Å². The number of benzene rings is 1. The molecule has 1 aliphatic heterocycles. The zero-order valence-corrected chi connectivity index (χ0v) is 14.1. The van der Waals surface area contributed by atoms with Crippen molar-refractivity contribution in [3.05, 3.63) is 29.6 Å². The third kappa shape index (κ3) is 2.30. The van der Waals surface area contributed by atoms with Gasteiger partial charge >= 0.3 is 6.09 Å². The molecule has 2 aliphatic rings. The molecule has 3 rings (SSSR count). The summed E-state index contributed by atoms with van der Waals surface area (Å²) in [5.41, 5.74) is 0.689. The van der Waals surface area contributed by atoms with Gasteiger partial charge in [-0.2, -0.15) is 0 Å². The Bertz CT molecular complexity index is 883. The first-order valence-corrected chi connectivity index (χ1v) is 9.12. The second-order valence-electron chi connectivity index (χ2n) is 6.49. The third-order valence-electron chi connectivity index (χ3n) is 4.96. The molecule has 25 heavy (non-hydrogen) atoms. The van der Waals surface area contributed by atoms with Crippen LogP contribution in [0.2, 0.25) is 0 Å². The van der Waals surface area contributed by atoms with Crippen molar-refractivity contribution in [1.29, 1.82) is 0 Å². The van der Waals surface area contributed by atoms with E-state index >= 15 is 4.39 Å². The standard InChI is InChI=1S/C15H17F2N3O4S/c1-14(9-7-8(18)3-4-10(9)16)11(17)25(23,24)15(5-2-6-15)12(20-14)19-13(21)22/h3-4,7,11H,2,5-6,18H2,1H3,(H,19,20)(H,21,22)/t11-,14+/m0/s1. The van der Waals surface area contributed by atoms with Gasteiger partial charge in [0.05, 0.1) is 0 Å². The number of carbonyl (C=O) groups is 1. The summed E-state index contributed by atoms with van der Waals surface area (Å²) < 4.78 is 53.4. The molecule has 1 heterocycles. The van der Waals surface area contributed by atoms with Crippen molar-refractivity contribution < 1.29 is 27.1 Å². The predicted octanol–water partition coefficient (Wildman–Crippen LogP) is 1.94. The number of nitrogen functional groups attached to an aromatic ring is 1. The molecule has 7 nitrogen and oxygen atoms in total. The Kier molecular flexibility index (Phi) is 3.79. The fourth-order valence-electron chi connectivity index (χ4n) is 3.40. The fourth-order valence-corrected chi connectivity index (χ4v) is 5.80. The van der Waals surface area contributed by atoms with Crippen molar-refractivity contribution in [1.82, 2.24) is 5.32 Å². The maximum Gasteiger partial charge on any atom is 0.410 e. The molecule has 0 saturated heterocycles. The van der Waals surface area contributed by atoms with E-state index in [2.05, 4.69) is 4.99 Å². The summed E-state index contributed by atoms with van der Waals surface area (Å²) >= 11 is 0. The number of halogens is 2. The molecule has 1 aliphatic carbocycles. The Morgan fingerprint density at radius 3 is 2.60 bits per heavy atom. The van der Waals surface area contributed by atoms with E-state index in [9.17, 15) is 17.6 Å². The van der Waals surface area contributed by atoms with Gasteiger partial charge < -0.3 is 10.8 Å². The molecule has 1 spiro atoms. The van der Waals surface area contributed by atoms with Gasteiger partial charge in [-0.15, -0.1) is 0 Å². The number of nitrogens with one attached hydrogen (secondary N) is 1. The van der Waals surface area contributed by atoms with Crippen molar-refractivity contribution in [2.75, 3.05) is 5.73 Å². The quantitative estimate of drug-likeness (QED) is 0.650. The topological polar surface area (TPSA) is 122 Å². The summed E-state index contributed by atoms with van der Waals surface area (Å²) in [5, 5.41) is 11.0. The van der Waals surface area contributed by atoms with E-state index in [1.54, 1.807) is 0 Å². The maximum absolute atomic E-state index is 15.2. The largest absolute Gasteiger partial charge is 0.465 e. The molecule has 1 aromatic carbocycles. The number of anilines is 1. The van der Waals surface area contributed by atoms with Crippen LogP contribution in [0.5, 0.6) is 0 Å². The van der Waals surface area contributed by atoms with Gasteiger partial charge in [0, 0.05) is 11.3 Å². The molecule has 0 aromatic heterocycles. The molecule has 0 bridgehead atoms. The van der Waals surface area contributed by atoms with E-state index < -0.39 is 37.5 Å². The second-order valence-corrected chi connectivity index (χ2v) is 8.77. The molecule has 1 amide bonds. The van der Waals surface area contributed by atoms with Crippen molar-refractivity contribution in [3.63, 3.8) is 0 Å². The number of rotatable bonds is 1. The number of sulfone groups is 1. The summed E-state index contributed by atoms with van der Waals surface area (Å²) in [4.78, 5) is 15.1. The molecule has 0 unspecified atom stereocenters. The Hall–Kier alpha value is -2.23. The van der Waals surface area contributed by atoms with E-state index in [0.29, 0.717) is 6.42 Å². The number of carboxylic acid groups (broad SMARTS) is 1. The molecule has 1 saturated carbocycles. The summed E-state index contributed by atoms with van der Waals surface area (Å²) in [6.07, 6.45) is -0.905. The number of amides is 1. The molecule has 2 atom stereocenters. The average Bonchev–Trinajstić information content (AvgIpc) is 2.45. The highest BCUT2D eigenvalue weighted by Gasteiger charge is 2.65. The predicted molar refractivity (Wildman–Crippen MR) is 87.2 cm³/mol. The van der Waals surface area contributed by atoms with Crippen molar-refractivity contribution in [2.45, 2.75) is 42.0 Å². The highest BCUT2D eigenvalue weighted by molar-refractivity contribution is 7.94. The summed E-state index contributed by atoms with van der Waals surface area (Å²) in [6.45, 7) is 1.11. The Labute approximate surface area is 142 Å². The second kappa shape index (κ2) is 5.38. The number of alkyl halides is 1. The SMILES string of the molecule is C[C@]1(c2cc(N)ccc2F)N=C(NC(=O)O)C2(CCC2)S(=O)(=O)[C@@H]1F. The number of nitrogens with two attached hydrogens (primary N) is 1. The lowest BCUT2D eigenvalue weighted by Gasteiger charge is -2.48. The maximum atomic E-state index is 15.2. The van der Waals surface area contributed by atoms with Gasteiger partial charge in [0.2, 0.25) is 5.50 Å². The summed E-state index contributed by atoms with van der Waals surface area (Å²) in [7, 11) is -4.48. The first-order valence-electron chi connectivity index (χ1n) is 7.58. The van der Waals surface area contributed by atoms with Crippen LogP contribution >= 0.6 is 0 Å². The minimum atomic E-state index is -4.48. The number of nitrogens with zero attached hydrogens (tertiary/aromatic N) is 1. The molecule has 136 valence electrons. The smallest absolute Gasteiger partial charge is 0.410 e. The van der Waals surface area contributed by atoms with Gasteiger partial charge in [0.15, 0.2) is 9.84 Å². The van der Waals surface area contributed by atoms with Crippen molar-refractivity contribution in [3.8, 4) is 0 Å². The van der Waals surface area contributed by atoms with Crippen molar-refractivity contribution >= 4 is 27.5 Å². The zero-order chi connectivity index (χ0) is 18.6. The minimum Gasteiger partial charge on any atom is -0.465 e. The van der Waals surface area contributed by atoms with Crippen LogP contribution in [0.25, 0.3) is 0 Å². The molecule has 1 fully saturated rings. The van der Waals surface area contributed by atoms with E-state index in [1.165, 1.54) is 6.07 Å². The highest BCUT2D eigenvalue weighted by Crippen LogP contribution is 2.51. The first kappa shape index (κ1) is 17.6. The summed E-state index contributed by atoms with van der Waals surface area (Å²) in [5.74, 6) is -1.25. The zero-order valence-electron chi connectivity index (χ0n) is 13.3. The molecular weight excluding hydrogens is 356 g/mol. The molecule has 0 radical (unpaired) electrons. The van der Waals surface area contributed by atoms with Gasteiger partial charge in [-0.05, 0) is 44.4 Å². The van der Waals surface area contributed by atoms with E-state index in [4.69, 9.17) is 10.8 Å². The van der Waals surface area contributed by atoms with Gasteiger partial charge in [0.25, 0.3) is 0 Å². The lowest BCUT2D eigenvalue weighted by Crippen LogP contribution is -2.66. The Morgan fingerprint density at radius 2 is 2.08 bits per heavy atom. The number of amidine groups is 1. The van der Waals surface area contributed by atoms with E-state index in [-0.39, 0.29) is 29.9 Å². The van der Waals surface area contributed by atoms with Crippen LogP contribution in [0.15, 0.2) is 23.2 Å². The lowest BCUT2D eigenvalue weighted by atomic mass is 9.81. The van der Waals surface area contributed by atoms with Crippen LogP contribution < -0.4 is 11.1 Å². The van der Waals surface area contributed by atoms with Gasteiger partial charge in [-0.1, -0.05) is 0 Å². The normalized spacial score (nSPS) is 29.6. The van der Waals surface area contributed by atoms with Crippen LogP contribution in [0, 0.1) is 5.82 Å². The van der Waals surface area contributed by atoms with Crippen LogP contribution in [0.4, 0.5) is 19.3 Å². The van der Waals surface area contributed by atoms with Gasteiger partial charge in [-0.3, -0.25) is 10.3 Å². The van der Waals surface area contributed by atoms with E-state index in [1.807, 2.05) is 5.32 Å². The Balaban J connectivity index is 2.28. The third-order valence-corrected chi connectivity index (χ3v) is 7.65. The molecule has 4 N–H and O–H groups in total. The number of aliphatic imine (C=N–C) groups is 1. The van der Waals surface area contributed by atoms with Crippen molar-refractivity contribution in [2.24, 2.45) is 4.99 Å². The first-order chi connectivity index (χ1) is 11.5. The number of hydrogen-bond acceptors (Lipinski definition) is 5. The molecule has 10 heteroatoms. The fraction of sp³-hybridized carbons (Fsp3) is 0.467. The monoisotopic (exact) mass is 373 g/mol. The number of hydrogen-bond donors (Lipinski definition) is 3. The van der Waals surface area contributed by atoms with Crippen LogP contribution in [-0.4, -0.2) is 35.7 Å². The molecular formula is C15H17F2N3O4S. The van der Waals surface area contributed by atoms with Crippen LogP contribution in [0.1, 0.15) is 31.7 Å². The van der Waals surface area contributed by atoms with Crippen LogP contribution in [-0.2, 0) is 15.4 Å². The average molecular weight is 373 g/mol. The summed E-state index contributed by atoms with van der Waals surface area (Å²) in [6, 6.07) is 3.35. The minimum absolute atomic E-state index is 0.0599. The van der Waals surface area contributed by atoms with E-state index in [0.717, 1.165) is 19.1 Å². The molecule has 1 aromatic rings. The van der Waals surface area contributed by atoms with Gasteiger partial charge in [-0.25, -0.2) is 22.0 Å².